The molecule has 0 saturated carbocycles. The van der Waals surface area contributed by atoms with E-state index in [-0.39, 0.29) is 12.1 Å². The highest BCUT2D eigenvalue weighted by Gasteiger charge is 2.44. The fourth-order valence-electron chi connectivity index (χ4n) is 3.12. The predicted molar refractivity (Wildman–Crippen MR) is 100 cm³/mol. The van der Waals surface area contributed by atoms with Crippen molar-refractivity contribution in [1.82, 2.24) is 4.57 Å². The summed E-state index contributed by atoms with van der Waals surface area (Å²) in [5.74, 6) is 0.360. The number of hydrogen-bond donors (Lipinski definition) is 4. The second-order valence-corrected chi connectivity index (χ2v) is 6.78. The van der Waals surface area contributed by atoms with Crippen LogP contribution in [-0.4, -0.2) is 62.3 Å². The van der Waals surface area contributed by atoms with E-state index in [2.05, 4.69) is 0 Å². The van der Waals surface area contributed by atoms with Crippen molar-refractivity contribution < 1.29 is 29.9 Å². The van der Waals surface area contributed by atoms with Gasteiger partial charge < -0.3 is 34.5 Å². The smallest absolute Gasteiger partial charge is 0.251 e. The monoisotopic (exact) mass is 391 g/mol. The lowest BCUT2D eigenvalue weighted by atomic mass is 9.99. The highest BCUT2D eigenvalue weighted by atomic mass is 16.7. The van der Waals surface area contributed by atoms with Gasteiger partial charge in [0.05, 0.1) is 13.2 Å². The highest BCUT2D eigenvalue weighted by Crippen LogP contribution is 2.26. The van der Waals surface area contributed by atoms with Crippen LogP contribution in [0.25, 0.3) is 0 Å². The number of hydrogen-bond acceptors (Lipinski definition) is 7. The van der Waals surface area contributed by atoms with Crippen LogP contribution < -0.4 is 10.3 Å². The summed E-state index contributed by atoms with van der Waals surface area (Å²) in [6, 6.07) is 10.4. The second kappa shape index (κ2) is 8.85. The molecule has 0 aliphatic carbocycles. The van der Waals surface area contributed by atoms with E-state index in [9.17, 15) is 25.2 Å². The largest absolute Gasteiger partial charge is 0.462 e. The standard InChI is InChI=1S/C20H25NO7/c1-2-12-7-8-21(16(23)9-12)10-13-5-3-4-6-14(13)27-20-19(26)18(25)17(24)15(11-22)28-20/h3-9,15,17-20,22,24-26H,2,10-11H2,1H3/t15-,17-,18+,19-,20-/m1/s1. The van der Waals surface area contributed by atoms with Gasteiger partial charge in [0.25, 0.3) is 5.56 Å². The van der Waals surface area contributed by atoms with Gasteiger partial charge in [0.2, 0.25) is 6.29 Å². The van der Waals surface area contributed by atoms with Gasteiger partial charge in [0.15, 0.2) is 0 Å². The molecule has 152 valence electrons. The topological polar surface area (TPSA) is 121 Å². The molecule has 5 atom stereocenters. The Kier molecular flexibility index (Phi) is 6.48. The van der Waals surface area contributed by atoms with Crippen LogP contribution in [0.1, 0.15) is 18.1 Å². The number of aromatic nitrogens is 1. The Balaban J connectivity index is 1.82. The zero-order chi connectivity index (χ0) is 20.3. The second-order valence-electron chi connectivity index (χ2n) is 6.78. The number of rotatable bonds is 6. The Bertz CT molecular complexity index is 850. The molecule has 0 spiro atoms. The van der Waals surface area contributed by atoms with Crippen molar-refractivity contribution in [2.45, 2.75) is 50.6 Å². The number of para-hydroxylation sites is 1. The first-order valence-corrected chi connectivity index (χ1v) is 9.19. The molecule has 1 aliphatic rings. The van der Waals surface area contributed by atoms with Gasteiger partial charge >= 0.3 is 0 Å². The summed E-state index contributed by atoms with van der Waals surface area (Å²) in [5, 5.41) is 39.3. The molecule has 2 aromatic rings. The molecule has 4 N–H and O–H groups in total. The van der Waals surface area contributed by atoms with Crippen LogP contribution in [0.2, 0.25) is 0 Å². The maximum Gasteiger partial charge on any atom is 0.251 e. The molecule has 1 saturated heterocycles. The number of aliphatic hydroxyl groups is 4. The molecule has 1 aromatic carbocycles. The van der Waals surface area contributed by atoms with Gasteiger partial charge in [-0.15, -0.1) is 0 Å². The Labute approximate surface area is 162 Å². The molecular weight excluding hydrogens is 366 g/mol. The third-order valence-corrected chi connectivity index (χ3v) is 4.87. The minimum Gasteiger partial charge on any atom is -0.462 e. The number of pyridine rings is 1. The number of aryl methyl sites for hydroxylation is 1. The summed E-state index contributed by atoms with van der Waals surface area (Å²) in [6.45, 7) is 1.69. The van der Waals surface area contributed by atoms with Crippen LogP contribution in [0, 0.1) is 0 Å². The molecule has 1 aromatic heterocycles. The van der Waals surface area contributed by atoms with Gasteiger partial charge in [-0.05, 0) is 24.1 Å². The first-order chi connectivity index (χ1) is 13.4. The van der Waals surface area contributed by atoms with E-state index < -0.39 is 37.3 Å². The molecule has 0 unspecified atom stereocenters. The van der Waals surface area contributed by atoms with E-state index in [0.717, 1.165) is 12.0 Å². The van der Waals surface area contributed by atoms with Crippen molar-refractivity contribution in [3.63, 3.8) is 0 Å². The zero-order valence-corrected chi connectivity index (χ0v) is 15.5. The molecular formula is C20H25NO7. The van der Waals surface area contributed by atoms with E-state index in [1.165, 1.54) is 4.57 Å². The van der Waals surface area contributed by atoms with E-state index in [1.54, 1.807) is 36.5 Å². The first-order valence-electron chi connectivity index (χ1n) is 9.19. The fourth-order valence-corrected chi connectivity index (χ4v) is 3.12. The summed E-state index contributed by atoms with van der Waals surface area (Å²) in [7, 11) is 0. The number of aliphatic hydroxyl groups excluding tert-OH is 4. The number of benzene rings is 1. The quantitative estimate of drug-likeness (QED) is 0.530. The van der Waals surface area contributed by atoms with Gasteiger partial charge in [-0.1, -0.05) is 25.1 Å². The minimum atomic E-state index is -1.52. The maximum absolute atomic E-state index is 12.3. The number of ether oxygens (including phenoxy) is 2. The SMILES string of the molecule is CCc1ccn(Cc2ccccc2O[C@@H]2O[C@H](CO)[C@@H](O)[C@H](O)[C@H]2O)c(=O)c1. The lowest BCUT2D eigenvalue weighted by Gasteiger charge is -2.39. The van der Waals surface area contributed by atoms with Crippen LogP contribution in [0.5, 0.6) is 5.75 Å². The molecule has 8 nitrogen and oxygen atoms in total. The van der Waals surface area contributed by atoms with E-state index in [4.69, 9.17) is 9.47 Å². The van der Waals surface area contributed by atoms with Crippen LogP contribution in [0.3, 0.4) is 0 Å². The molecule has 0 amide bonds. The van der Waals surface area contributed by atoms with Gasteiger partial charge in [-0.25, -0.2) is 0 Å². The molecule has 28 heavy (non-hydrogen) atoms. The minimum absolute atomic E-state index is 0.137. The lowest BCUT2D eigenvalue weighted by molar-refractivity contribution is -0.277. The average molecular weight is 391 g/mol. The maximum atomic E-state index is 12.3. The molecule has 8 heteroatoms. The molecule has 2 heterocycles. The predicted octanol–water partition coefficient (Wildman–Crippen LogP) is -0.362. The van der Waals surface area contributed by atoms with Gasteiger partial charge in [-0.2, -0.15) is 0 Å². The average Bonchev–Trinajstić information content (AvgIpc) is 2.71. The molecule has 1 aliphatic heterocycles. The van der Waals surface area contributed by atoms with Crippen LogP contribution in [0.4, 0.5) is 0 Å². The van der Waals surface area contributed by atoms with Crippen LogP contribution in [-0.2, 0) is 17.7 Å². The first kappa shape index (κ1) is 20.5. The molecule has 0 bridgehead atoms. The van der Waals surface area contributed by atoms with Crippen LogP contribution in [0.15, 0.2) is 47.4 Å². The van der Waals surface area contributed by atoms with E-state index in [0.29, 0.717) is 11.3 Å². The van der Waals surface area contributed by atoms with Crippen molar-refractivity contribution in [1.29, 1.82) is 0 Å². The summed E-state index contributed by atoms with van der Waals surface area (Å²) < 4.78 is 12.7. The lowest BCUT2D eigenvalue weighted by Crippen LogP contribution is -2.60. The molecule has 0 radical (unpaired) electrons. The Morgan fingerprint density at radius 2 is 1.86 bits per heavy atom. The fraction of sp³-hybridized carbons (Fsp3) is 0.450. The van der Waals surface area contributed by atoms with Crippen LogP contribution >= 0.6 is 0 Å². The Morgan fingerprint density at radius 3 is 2.54 bits per heavy atom. The van der Waals surface area contributed by atoms with E-state index >= 15 is 0 Å². The van der Waals surface area contributed by atoms with E-state index in [1.807, 2.05) is 13.0 Å². The van der Waals surface area contributed by atoms with Crippen molar-refractivity contribution in [3.8, 4) is 5.75 Å². The third kappa shape index (κ3) is 4.26. The summed E-state index contributed by atoms with van der Waals surface area (Å²) in [6.07, 6.45) is -4.33. The Hall–Kier alpha value is -2.23. The van der Waals surface area contributed by atoms with Crippen molar-refractivity contribution in [3.05, 3.63) is 64.1 Å². The summed E-state index contributed by atoms with van der Waals surface area (Å²) in [4.78, 5) is 12.3. The molecule has 1 fully saturated rings. The van der Waals surface area contributed by atoms with Crippen molar-refractivity contribution in [2.24, 2.45) is 0 Å². The zero-order valence-electron chi connectivity index (χ0n) is 15.5. The van der Waals surface area contributed by atoms with Gasteiger partial charge in [0, 0.05) is 17.8 Å². The van der Waals surface area contributed by atoms with Gasteiger partial charge in [-0.3, -0.25) is 4.79 Å². The summed E-state index contributed by atoms with van der Waals surface area (Å²) >= 11 is 0. The normalized spacial score (nSPS) is 27.5. The van der Waals surface area contributed by atoms with Crippen molar-refractivity contribution >= 4 is 0 Å². The number of nitrogens with zero attached hydrogens (tertiary/aromatic N) is 1. The van der Waals surface area contributed by atoms with Crippen molar-refractivity contribution in [2.75, 3.05) is 6.61 Å². The third-order valence-electron chi connectivity index (χ3n) is 4.87. The Morgan fingerprint density at radius 1 is 1.11 bits per heavy atom. The highest BCUT2D eigenvalue weighted by molar-refractivity contribution is 5.34. The molecule has 3 rings (SSSR count). The summed E-state index contributed by atoms with van der Waals surface area (Å²) in [5.41, 5.74) is 1.49. The van der Waals surface area contributed by atoms with Gasteiger partial charge in [0.1, 0.15) is 30.2 Å².